The molecule has 0 bridgehead atoms. The molecule has 3 atom stereocenters. The van der Waals surface area contributed by atoms with Crippen LogP contribution in [0.3, 0.4) is 0 Å². The van der Waals surface area contributed by atoms with Gasteiger partial charge in [-0.3, -0.25) is 14.9 Å². The number of nitro benzene ring substituents is 1. The lowest BCUT2D eigenvalue weighted by atomic mass is 9.67. The number of rotatable bonds is 7. The molecule has 0 radical (unpaired) electrons. The van der Waals surface area contributed by atoms with Crippen molar-refractivity contribution in [3.8, 4) is 11.5 Å². The standard InChI is InChI=1S/C41H35N3O5/c1-24(2)10-9-19-41(3)31-23-48-35-18-16-27(44(46)47)22-30(35)36(31)37-39-38(28-13-7-8-14-29(28)40(37)49-41)43-33-20-25(15-17-32(33)42-39)21-34(45)26-11-5-4-6-12-26/h4-8,10-18,20,22,31,36H,9,19,21,23H2,1-3H3/t31-,36+,41+/m0/s1. The number of hydrogen-bond donors (Lipinski definition) is 0. The molecule has 8 nitrogen and oxygen atoms in total. The summed E-state index contributed by atoms with van der Waals surface area (Å²) in [4.78, 5) is 35.2. The molecule has 8 rings (SSSR count). The number of ketones is 1. The summed E-state index contributed by atoms with van der Waals surface area (Å²) in [5.74, 6) is 0.978. The second-order valence-electron chi connectivity index (χ2n) is 13.6. The number of carbonyl (C=O) groups is 1. The number of nitro groups is 1. The monoisotopic (exact) mass is 649 g/mol. The Bertz CT molecular complexity index is 2350. The maximum absolute atomic E-state index is 13.0. The largest absolute Gasteiger partial charge is 0.493 e. The van der Waals surface area contributed by atoms with Gasteiger partial charge in [-0.25, -0.2) is 9.97 Å². The molecule has 0 spiro atoms. The number of benzene rings is 5. The average molecular weight is 650 g/mol. The Hall–Kier alpha value is -5.63. The van der Waals surface area contributed by atoms with Crippen molar-refractivity contribution in [1.29, 1.82) is 0 Å². The molecule has 0 aliphatic carbocycles. The number of ether oxygens (including phenoxy) is 2. The fraction of sp³-hybridized carbons (Fsp3) is 0.244. The van der Waals surface area contributed by atoms with E-state index in [9.17, 15) is 14.9 Å². The number of hydrogen-bond acceptors (Lipinski definition) is 7. The molecule has 244 valence electrons. The Morgan fingerprint density at radius 3 is 2.47 bits per heavy atom. The Kier molecular flexibility index (Phi) is 7.39. The summed E-state index contributed by atoms with van der Waals surface area (Å²) < 4.78 is 13.5. The summed E-state index contributed by atoms with van der Waals surface area (Å²) in [5, 5.41) is 13.8. The second kappa shape index (κ2) is 11.8. The molecule has 0 saturated carbocycles. The summed E-state index contributed by atoms with van der Waals surface area (Å²) >= 11 is 0. The highest BCUT2D eigenvalue weighted by atomic mass is 16.6. The zero-order valence-corrected chi connectivity index (χ0v) is 27.6. The number of nitrogens with zero attached hydrogens (tertiary/aromatic N) is 3. The number of fused-ring (bicyclic) bond motifs is 11. The van der Waals surface area contributed by atoms with Gasteiger partial charge in [0, 0.05) is 57.9 Å². The third-order valence-corrected chi connectivity index (χ3v) is 10.1. The van der Waals surface area contributed by atoms with E-state index in [0.29, 0.717) is 34.5 Å². The molecule has 2 aliphatic rings. The molecule has 1 aromatic heterocycles. The molecule has 2 aliphatic heterocycles. The molecule has 0 saturated heterocycles. The van der Waals surface area contributed by atoms with Crippen molar-refractivity contribution in [2.24, 2.45) is 5.92 Å². The lowest BCUT2D eigenvalue weighted by Gasteiger charge is -2.49. The lowest BCUT2D eigenvalue weighted by molar-refractivity contribution is -0.385. The molecule has 5 aromatic carbocycles. The fourth-order valence-electron chi connectivity index (χ4n) is 7.63. The Labute approximate surface area is 283 Å². The van der Waals surface area contributed by atoms with E-state index in [0.717, 1.165) is 51.6 Å². The quantitative estimate of drug-likeness (QED) is 0.0424. The number of carbonyl (C=O) groups excluding carboxylic acids is 1. The first-order chi connectivity index (χ1) is 23.7. The zero-order valence-electron chi connectivity index (χ0n) is 27.6. The smallest absolute Gasteiger partial charge is 0.269 e. The van der Waals surface area contributed by atoms with Crippen molar-refractivity contribution >= 4 is 44.3 Å². The Morgan fingerprint density at radius 2 is 1.69 bits per heavy atom. The van der Waals surface area contributed by atoms with Gasteiger partial charge in [-0.05, 0) is 57.4 Å². The normalized spacial score (nSPS) is 19.3. The van der Waals surface area contributed by atoms with Gasteiger partial charge in [-0.1, -0.05) is 72.3 Å². The van der Waals surface area contributed by atoms with Crippen LogP contribution in [0.25, 0.3) is 32.8 Å². The van der Waals surface area contributed by atoms with Crippen LogP contribution in [0.4, 0.5) is 5.69 Å². The van der Waals surface area contributed by atoms with Gasteiger partial charge >= 0.3 is 0 Å². The van der Waals surface area contributed by atoms with Gasteiger partial charge < -0.3 is 9.47 Å². The molecule has 0 amide bonds. The van der Waals surface area contributed by atoms with Crippen LogP contribution in [0.2, 0.25) is 0 Å². The summed E-state index contributed by atoms with van der Waals surface area (Å²) in [7, 11) is 0. The van der Waals surface area contributed by atoms with Gasteiger partial charge in [-0.15, -0.1) is 0 Å². The topological polar surface area (TPSA) is 104 Å². The van der Waals surface area contributed by atoms with E-state index in [-0.39, 0.29) is 34.7 Å². The molecule has 49 heavy (non-hydrogen) atoms. The molecule has 0 unspecified atom stereocenters. The van der Waals surface area contributed by atoms with Crippen LogP contribution >= 0.6 is 0 Å². The fourth-order valence-corrected chi connectivity index (χ4v) is 7.63. The highest BCUT2D eigenvalue weighted by Gasteiger charge is 2.51. The number of aromatic nitrogens is 2. The van der Waals surface area contributed by atoms with Crippen LogP contribution in [0.5, 0.6) is 11.5 Å². The van der Waals surface area contributed by atoms with E-state index in [1.165, 1.54) is 11.6 Å². The van der Waals surface area contributed by atoms with Crippen molar-refractivity contribution in [2.75, 3.05) is 6.61 Å². The maximum atomic E-state index is 13.0. The minimum Gasteiger partial charge on any atom is -0.493 e. The first-order valence-electron chi connectivity index (χ1n) is 16.7. The highest BCUT2D eigenvalue weighted by molar-refractivity contribution is 6.11. The third kappa shape index (κ3) is 5.28. The molecule has 3 heterocycles. The summed E-state index contributed by atoms with van der Waals surface area (Å²) in [6, 6.07) is 28.0. The van der Waals surface area contributed by atoms with E-state index < -0.39 is 5.60 Å². The minimum absolute atomic E-state index is 0.0153. The van der Waals surface area contributed by atoms with Gasteiger partial charge in [-0.2, -0.15) is 0 Å². The Balaban J connectivity index is 1.36. The van der Waals surface area contributed by atoms with Crippen molar-refractivity contribution in [1.82, 2.24) is 9.97 Å². The first-order valence-corrected chi connectivity index (χ1v) is 16.7. The van der Waals surface area contributed by atoms with Crippen LogP contribution in [0, 0.1) is 16.0 Å². The second-order valence-corrected chi connectivity index (χ2v) is 13.6. The van der Waals surface area contributed by atoms with Crippen LogP contribution in [-0.4, -0.2) is 32.9 Å². The maximum Gasteiger partial charge on any atom is 0.269 e. The van der Waals surface area contributed by atoms with Crippen LogP contribution in [0.1, 0.15) is 66.6 Å². The highest BCUT2D eigenvalue weighted by Crippen LogP contribution is 2.57. The SMILES string of the molecule is CC(C)=CCC[C@@]1(C)Oc2c(c3nc4ccc(CC(=O)c5ccccc5)cc4nc3c3ccccc23)[C@@H]2c3cc([N+](=O)[O-])ccc3OC[C@@H]21. The molecular formula is C41H35N3O5. The van der Waals surface area contributed by atoms with Crippen LogP contribution in [0.15, 0.2) is 103 Å². The molecule has 6 aromatic rings. The Morgan fingerprint density at radius 1 is 0.939 bits per heavy atom. The molecular weight excluding hydrogens is 614 g/mol. The number of non-ortho nitro benzene ring substituents is 1. The molecule has 0 N–H and O–H groups in total. The zero-order chi connectivity index (χ0) is 33.9. The number of Topliss-reactive ketones (excluding diaryl/α,β-unsaturated/α-hetero) is 1. The van der Waals surface area contributed by atoms with Crippen molar-refractivity contribution < 1.29 is 19.2 Å². The summed E-state index contributed by atoms with van der Waals surface area (Å²) in [6.45, 7) is 6.72. The lowest BCUT2D eigenvalue weighted by Crippen LogP contribution is -2.51. The van der Waals surface area contributed by atoms with Gasteiger partial charge in [0.2, 0.25) is 0 Å². The molecule has 8 heteroatoms. The predicted molar refractivity (Wildman–Crippen MR) is 191 cm³/mol. The van der Waals surface area contributed by atoms with Crippen LogP contribution in [-0.2, 0) is 6.42 Å². The summed E-state index contributed by atoms with van der Waals surface area (Å²) in [5.41, 5.74) is 6.61. The van der Waals surface area contributed by atoms with Crippen molar-refractivity contribution in [3.05, 3.63) is 135 Å². The van der Waals surface area contributed by atoms with E-state index >= 15 is 0 Å². The predicted octanol–water partition coefficient (Wildman–Crippen LogP) is 9.31. The van der Waals surface area contributed by atoms with E-state index in [1.807, 2.05) is 66.7 Å². The summed E-state index contributed by atoms with van der Waals surface area (Å²) in [6.07, 6.45) is 4.04. The van der Waals surface area contributed by atoms with E-state index in [2.05, 4.69) is 32.9 Å². The van der Waals surface area contributed by atoms with Gasteiger partial charge in [0.25, 0.3) is 5.69 Å². The van der Waals surface area contributed by atoms with Crippen molar-refractivity contribution in [3.63, 3.8) is 0 Å². The van der Waals surface area contributed by atoms with E-state index in [1.54, 1.807) is 12.1 Å². The van der Waals surface area contributed by atoms with Crippen molar-refractivity contribution in [2.45, 2.75) is 51.6 Å². The van der Waals surface area contributed by atoms with Gasteiger partial charge in [0.05, 0.1) is 33.6 Å². The van der Waals surface area contributed by atoms with Crippen LogP contribution < -0.4 is 9.47 Å². The van der Waals surface area contributed by atoms with E-state index in [4.69, 9.17) is 19.4 Å². The minimum atomic E-state index is -0.632. The average Bonchev–Trinajstić information content (AvgIpc) is 3.10. The first kappa shape index (κ1) is 30.7. The van der Waals surface area contributed by atoms with Gasteiger partial charge in [0.15, 0.2) is 5.78 Å². The molecule has 0 fully saturated rings. The number of allylic oxidation sites excluding steroid dienone is 2. The third-order valence-electron chi connectivity index (χ3n) is 10.1. The van der Waals surface area contributed by atoms with Gasteiger partial charge in [0.1, 0.15) is 17.1 Å².